The van der Waals surface area contributed by atoms with Gasteiger partial charge in [-0.1, -0.05) is 81.7 Å². The van der Waals surface area contributed by atoms with Crippen LogP contribution in [0.5, 0.6) is 0 Å². The highest BCUT2D eigenvalue weighted by Crippen LogP contribution is 2.40. The van der Waals surface area contributed by atoms with Gasteiger partial charge < -0.3 is 9.84 Å². The molecule has 206 valence electrons. The molecule has 0 spiro atoms. The fourth-order valence-electron chi connectivity index (χ4n) is 6.69. The molecule has 0 aromatic heterocycles. The van der Waals surface area contributed by atoms with Crippen LogP contribution in [0, 0.1) is 18.8 Å². The van der Waals surface area contributed by atoms with E-state index in [1.54, 1.807) is 0 Å². The van der Waals surface area contributed by atoms with Crippen LogP contribution in [-0.4, -0.2) is 24.3 Å². The van der Waals surface area contributed by atoms with Gasteiger partial charge in [0.05, 0.1) is 18.8 Å². The molecule has 38 heavy (non-hydrogen) atoms. The van der Waals surface area contributed by atoms with Crippen molar-refractivity contribution in [3.63, 3.8) is 0 Å². The third-order valence-corrected chi connectivity index (χ3v) is 9.25. The molecular weight excluding hydrogens is 468 g/mol. The van der Waals surface area contributed by atoms with Gasteiger partial charge in [-0.3, -0.25) is 0 Å². The van der Waals surface area contributed by atoms with Gasteiger partial charge in [0.2, 0.25) is 0 Å². The molecule has 0 saturated heterocycles. The fraction of sp³-hybridized carbons (Fsp3) is 0.571. The number of unbranched alkanes of at least 4 members (excludes halogenated alkanes) is 2. The number of hydrogen-bond acceptors (Lipinski definition) is 3. The first-order chi connectivity index (χ1) is 18.5. The molecule has 2 aliphatic rings. The van der Waals surface area contributed by atoms with Crippen molar-refractivity contribution in [2.75, 3.05) is 13.2 Å². The minimum atomic E-state index is -0.473. The summed E-state index contributed by atoms with van der Waals surface area (Å²) >= 11 is 0. The summed E-state index contributed by atoms with van der Waals surface area (Å²) in [6, 6.07) is 16.5. The van der Waals surface area contributed by atoms with Gasteiger partial charge in [-0.2, -0.15) is 0 Å². The predicted octanol–water partition coefficient (Wildman–Crippen LogP) is 8.88. The zero-order valence-electron chi connectivity index (χ0n) is 23.7. The summed E-state index contributed by atoms with van der Waals surface area (Å²) in [6.07, 6.45) is 15.5. The van der Waals surface area contributed by atoms with Crippen molar-refractivity contribution < 1.29 is 14.6 Å². The molecule has 0 amide bonds. The summed E-state index contributed by atoms with van der Waals surface area (Å²) in [6.45, 7) is 8.17. The highest BCUT2D eigenvalue weighted by molar-refractivity contribution is 5.87. The Bertz CT molecular complexity index is 1040. The van der Waals surface area contributed by atoms with E-state index >= 15 is 0 Å². The van der Waals surface area contributed by atoms with Crippen molar-refractivity contribution in [2.45, 2.75) is 103 Å². The second-order valence-corrected chi connectivity index (χ2v) is 12.0. The van der Waals surface area contributed by atoms with E-state index in [4.69, 9.17) is 9.84 Å². The van der Waals surface area contributed by atoms with Gasteiger partial charge in [-0.25, -0.2) is 4.79 Å². The normalized spacial score (nSPS) is 23.7. The Morgan fingerprint density at radius 1 is 0.868 bits per heavy atom. The maximum atomic E-state index is 11.8. The first-order valence-corrected chi connectivity index (χ1v) is 15.1. The van der Waals surface area contributed by atoms with Crippen LogP contribution >= 0.6 is 0 Å². The maximum absolute atomic E-state index is 11.8. The van der Waals surface area contributed by atoms with Crippen LogP contribution in [0.3, 0.4) is 0 Å². The van der Waals surface area contributed by atoms with E-state index in [2.05, 4.69) is 62.9 Å². The second-order valence-electron chi connectivity index (χ2n) is 12.0. The average molecular weight is 517 g/mol. The molecule has 3 heteroatoms. The van der Waals surface area contributed by atoms with Crippen LogP contribution in [0.15, 0.2) is 54.6 Å². The van der Waals surface area contributed by atoms with Gasteiger partial charge in [0, 0.05) is 0 Å². The molecular formula is C35H48O3. The third kappa shape index (κ3) is 7.59. The number of carbonyl (C=O) groups is 1. The lowest BCUT2D eigenvalue weighted by atomic mass is 9.76. The standard InChI is InChI=1S/C35H48O3/c1-4-5-6-7-27-8-12-29(13-9-27)30-16-18-32(19-17-30)34-21-20-33(22-25(34)2)31-14-10-28(11-15-31)24-38-35(37)26(3)23-36/h16-22,27-29,31,36H,3-15,23-24H2,1-2H3. The Morgan fingerprint density at radius 3 is 2.08 bits per heavy atom. The van der Waals surface area contributed by atoms with Crippen LogP contribution in [0.25, 0.3) is 11.1 Å². The molecule has 2 aliphatic carbocycles. The number of benzene rings is 2. The molecule has 4 rings (SSSR count). The zero-order chi connectivity index (χ0) is 26.9. The number of carbonyl (C=O) groups excluding carboxylic acids is 1. The second kappa shape index (κ2) is 14.1. The molecule has 0 radical (unpaired) electrons. The average Bonchev–Trinajstić information content (AvgIpc) is 2.96. The Kier molecular flexibility index (Phi) is 10.6. The number of aryl methyl sites for hydroxylation is 1. The molecule has 2 fully saturated rings. The number of ether oxygens (including phenoxy) is 1. The van der Waals surface area contributed by atoms with Gasteiger partial charge in [-0.15, -0.1) is 0 Å². The molecule has 0 heterocycles. The quantitative estimate of drug-likeness (QED) is 0.184. The number of aliphatic hydroxyl groups is 1. The lowest BCUT2D eigenvalue weighted by molar-refractivity contribution is -0.141. The minimum absolute atomic E-state index is 0.129. The number of hydrogen-bond donors (Lipinski definition) is 1. The fourth-order valence-corrected chi connectivity index (χ4v) is 6.69. The lowest BCUT2D eigenvalue weighted by Gasteiger charge is -2.29. The van der Waals surface area contributed by atoms with Crippen molar-refractivity contribution >= 4 is 5.97 Å². The van der Waals surface area contributed by atoms with Crippen LogP contribution in [0.4, 0.5) is 0 Å². The molecule has 3 nitrogen and oxygen atoms in total. The monoisotopic (exact) mass is 516 g/mol. The molecule has 0 atom stereocenters. The number of rotatable bonds is 11. The molecule has 0 bridgehead atoms. The van der Waals surface area contributed by atoms with E-state index in [1.807, 2.05) is 0 Å². The maximum Gasteiger partial charge on any atom is 0.335 e. The Hall–Kier alpha value is -2.39. The highest BCUT2D eigenvalue weighted by atomic mass is 16.5. The van der Waals surface area contributed by atoms with Gasteiger partial charge >= 0.3 is 5.97 Å². The molecule has 0 aliphatic heterocycles. The van der Waals surface area contributed by atoms with Crippen LogP contribution in [-0.2, 0) is 9.53 Å². The zero-order valence-corrected chi connectivity index (χ0v) is 23.7. The molecule has 2 aromatic carbocycles. The van der Waals surface area contributed by atoms with Crippen molar-refractivity contribution in [1.29, 1.82) is 0 Å². The van der Waals surface area contributed by atoms with E-state index in [0.717, 1.165) is 37.5 Å². The Labute approximate surface area is 230 Å². The molecule has 2 saturated carbocycles. The molecule has 2 aromatic rings. The molecule has 1 N–H and O–H groups in total. The van der Waals surface area contributed by atoms with Crippen molar-refractivity contribution in [2.24, 2.45) is 11.8 Å². The summed E-state index contributed by atoms with van der Waals surface area (Å²) in [5.41, 5.74) is 7.09. The van der Waals surface area contributed by atoms with E-state index in [-0.39, 0.29) is 12.2 Å². The lowest BCUT2D eigenvalue weighted by Crippen LogP contribution is -2.21. The topological polar surface area (TPSA) is 46.5 Å². The van der Waals surface area contributed by atoms with E-state index < -0.39 is 5.97 Å². The summed E-state index contributed by atoms with van der Waals surface area (Å²) < 4.78 is 5.33. The van der Waals surface area contributed by atoms with Crippen molar-refractivity contribution in [3.8, 4) is 11.1 Å². The first kappa shape index (κ1) is 28.6. The van der Waals surface area contributed by atoms with Crippen LogP contribution < -0.4 is 0 Å². The summed E-state index contributed by atoms with van der Waals surface area (Å²) in [7, 11) is 0. The van der Waals surface area contributed by atoms with E-state index in [1.165, 1.54) is 79.2 Å². The SMILES string of the molecule is C=C(CO)C(=O)OCC1CCC(c2ccc(-c3ccc(C4CCC(CCCCC)CC4)cc3)c(C)c2)CC1. The minimum Gasteiger partial charge on any atom is -0.462 e. The van der Waals surface area contributed by atoms with Crippen molar-refractivity contribution in [3.05, 3.63) is 71.3 Å². The van der Waals surface area contributed by atoms with Crippen LogP contribution in [0.1, 0.15) is 112 Å². The highest BCUT2D eigenvalue weighted by Gasteiger charge is 2.25. The van der Waals surface area contributed by atoms with Gasteiger partial charge in [-0.05, 0) is 110 Å². The van der Waals surface area contributed by atoms with Gasteiger partial charge in [0.15, 0.2) is 0 Å². The third-order valence-electron chi connectivity index (χ3n) is 9.25. The molecule has 0 unspecified atom stereocenters. The summed E-state index contributed by atoms with van der Waals surface area (Å²) in [5.74, 6) is 2.20. The smallest absolute Gasteiger partial charge is 0.335 e. The predicted molar refractivity (Wildman–Crippen MR) is 157 cm³/mol. The summed E-state index contributed by atoms with van der Waals surface area (Å²) in [4.78, 5) is 11.8. The number of esters is 1. The Morgan fingerprint density at radius 2 is 1.47 bits per heavy atom. The van der Waals surface area contributed by atoms with Gasteiger partial charge in [0.1, 0.15) is 0 Å². The summed E-state index contributed by atoms with van der Waals surface area (Å²) in [5, 5.41) is 9.02. The van der Waals surface area contributed by atoms with E-state index in [9.17, 15) is 4.79 Å². The number of aliphatic hydroxyl groups excluding tert-OH is 1. The van der Waals surface area contributed by atoms with Gasteiger partial charge in [0.25, 0.3) is 0 Å². The van der Waals surface area contributed by atoms with Crippen molar-refractivity contribution in [1.82, 2.24) is 0 Å². The largest absolute Gasteiger partial charge is 0.462 e. The first-order valence-electron chi connectivity index (χ1n) is 15.1. The van der Waals surface area contributed by atoms with E-state index in [0.29, 0.717) is 18.4 Å². The Balaban J connectivity index is 1.28. The van der Waals surface area contributed by atoms with Crippen LogP contribution in [0.2, 0.25) is 0 Å².